The van der Waals surface area contributed by atoms with Gasteiger partial charge in [0.2, 0.25) is 11.9 Å². The minimum Gasteiger partial charge on any atom is -0.375 e. The van der Waals surface area contributed by atoms with E-state index in [9.17, 15) is 4.79 Å². The lowest BCUT2D eigenvalue weighted by Crippen LogP contribution is -2.37. The number of para-hydroxylation sites is 1. The van der Waals surface area contributed by atoms with Crippen LogP contribution in [0.25, 0.3) is 0 Å². The highest BCUT2D eigenvalue weighted by atomic mass is 16.1. The topological polar surface area (TPSA) is 61.4 Å². The van der Waals surface area contributed by atoms with Crippen LogP contribution in [-0.2, 0) is 17.6 Å². The van der Waals surface area contributed by atoms with E-state index in [0.29, 0.717) is 6.54 Å². The zero-order valence-corrected chi connectivity index (χ0v) is 18.9. The molecule has 6 heteroatoms. The van der Waals surface area contributed by atoms with Crippen LogP contribution in [0, 0.1) is 11.8 Å². The Morgan fingerprint density at radius 1 is 1.19 bits per heavy atom. The van der Waals surface area contributed by atoms with Gasteiger partial charge >= 0.3 is 0 Å². The van der Waals surface area contributed by atoms with Gasteiger partial charge in [0.15, 0.2) is 0 Å². The quantitative estimate of drug-likeness (QED) is 0.694. The molecule has 0 bridgehead atoms. The number of benzene rings is 1. The Kier molecular flexibility index (Phi) is 7.05. The first-order chi connectivity index (χ1) is 15.1. The summed E-state index contributed by atoms with van der Waals surface area (Å²) < 4.78 is 0. The fourth-order valence-corrected chi connectivity index (χ4v) is 4.57. The molecule has 1 aliphatic carbocycles. The normalized spacial score (nSPS) is 19.0. The Morgan fingerprint density at radius 3 is 2.74 bits per heavy atom. The maximum absolute atomic E-state index is 12.7. The predicted octanol–water partition coefficient (Wildman–Crippen LogP) is 3.46. The van der Waals surface area contributed by atoms with Crippen molar-refractivity contribution in [1.82, 2.24) is 15.3 Å². The van der Waals surface area contributed by atoms with Crippen LogP contribution < -0.4 is 15.1 Å². The molecule has 4 rings (SSSR count). The molecule has 0 saturated carbocycles. The summed E-state index contributed by atoms with van der Waals surface area (Å²) in [5.41, 5.74) is 3.48. The van der Waals surface area contributed by atoms with Gasteiger partial charge < -0.3 is 15.1 Å². The van der Waals surface area contributed by atoms with Gasteiger partial charge in [0, 0.05) is 56.7 Å². The summed E-state index contributed by atoms with van der Waals surface area (Å²) in [5, 5.41) is 3.14. The summed E-state index contributed by atoms with van der Waals surface area (Å²) in [5.74, 6) is 1.87. The van der Waals surface area contributed by atoms with Gasteiger partial charge in [-0.05, 0) is 62.1 Å². The van der Waals surface area contributed by atoms with E-state index >= 15 is 0 Å². The smallest absolute Gasteiger partial charge is 0.225 e. The number of anilines is 2. The molecule has 1 amide bonds. The number of amides is 1. The third-order valence-electron chi connectivity index (χ3n) is 6.74. The highest BCUT2D eigenvalue weighted by Crippen LogP contribution is 2.27. The summed E-state index contributed by atoms with van der Waals surface area (Å²) in [6.45, 7) is 6.04. The fourth-order valence-electron chi connectivity index (χ4n) is 4.57. The molecule has 2 aliphatic rings. The minimum atomic E-state index is 0.0321. The van der Waals surface area contributed by atoms with Crippen LogP contribution in [0.5, 0.6) is 0 Å². The number of aromatic nitrogens is 2. The molecule has 1 aliphatic heterocycles. The highest BCUT2D eigenvalue weighted by molar-refractivity contribution is 5.79. The van der Waals surface area contributed by atoms with Crippen molar-refractivity contribution in [2.24, 2.45) is 11.8 Å². The van der Waals surface area contributed by atoms with Crippen molar-refractivity contribution in [2.75, 3.05) is 43.0 Å². The average Bonchev–Trinajstić information content (AvgIpc) is 2.82. The Hall–Kier alpha value is -2.63. The number of aryl methyl sites for hydroxylation is 1. The molecule has 1 fully saturated rings. The van der Waals surface area contributed by atoms with E-state index in [1.165, 1.54) is 18.5 Å². The number of nitrogens with one attached hydrogen (secondary N) is 1. The summed E-state index contributed by atoms with van der Waals surface area (Å²) in [6.07, 6.45) is 7.81. The van der Waals surface area contributed by atoms with Crippen LogP contribution in [0.4, 0.5) is 11.6 Å². The zero-order valence-electron chi connectivity index (χ0n) is 18.9. The van der Waals surface area contributed by atoms with E-state index in [1.807, 2.05) is 24.4 Å². The van der Waals surface area contributed by atoms with E-state index in [0.717, 1.165) is 68.4 Å². The van der Waals surface area contributed by atoms with Crippen molar-refractivity contribution in [3.05, 3.63) is 47.8 Å². The van der Waals surface area contributed by atoms with Crippen LogP contribution in [0.3, 0.4) is 0 Å². The van der Waals surface area contributed by atoms with Gasteiger partial charge in [0.1, 0.15) is 0 Å². The van der Waals surface area contributed by atoms with Gasteiger partial charge in [-0.25, -0.2) is 9.97 Å². The molecule has 0 spiro atoms. The van der Waals surface area contributed by atoms with E-state index in [4.69, 9.17) is 4.98 Å². The van der Waals surface area contributed by atoms with Crippen LogP contribution in [0.2, 0.25) is 0 Å². The largest absolute Gasteiger partial charge is 0.375 e. The molecule has 0 unspecified atom stereocenters. The van der Waals surface area contributed by atoms with Crippen molar-refractivity contribution < 1.29 is 4.79 Å². The SMILES string of the molecule is CC1CCN(c2ncc3c(n2)CC[C@H](C(=O)NCCCN(C)c2ccccc2)C3)CC1. The standard InChI is InChI=1S/C25H35N5O/c1-19-11-15-30(16-12-19)25-27-18-21-17-20(9-10-23(21)28-25)24(31)26-13-6-14-29(2)22-7-4-3-5-8-22/h3-5,7-8,18-20H,6,9-17H2,1-2H3,(H,26,31)/t20-/m0/s1. The van der Waals surface area contributed by atoms with Crippen molar-refractivity contribution in [3.8, 4) is 0 Å². The molecular formula is C25H35N5O. The lowest BCUT2D eigenvalue weighted by molar-refractivity contribution is -0.125. The van der Waals surface area contributed by atoms with Crippen LogP contribution >= 0.6 is 0 Å². The van der Waals surface area contributed by atoms with E-state index in [-0.39, 0.29) is 11.8 Å². The van der Waals surface area contributed by atoms with Crippen LogP contribution in [-0.4, -0.2) is 49.1 Å². The van der Waals surface area contributed by atoms with Crippen LogP contribution in [0.15, 0.2) is 36.5 Å². The van der Waals surface area contributed by atoms with Crippen LogP contribution in [0.1, 0.15) is 43.9 Å². The lowest BCUT2D eigenvalue weighted by Gasteiger charge is -2.31. The second-order valence-electron chi connectivity index (χ2n) is 9.15. The summed E-state index contributed by atoms with van der Waals surface area (Å²) >= 11 is 0. The molecule has 2 heterocycles. The predicted molar refractivity (Wildman–Crippen MR) is 125 cm³/mol. The summed E-state index contributed by atoms with van der Waals surface area (Å²) in [4.78, 5) is 26.7. The Labute approximate surface area is 186 Å². The van der Waals surface area contributed by atoms with Gasteiger partial charge in [0.05, 0.1) is 0 Å². The van der Waals surface area contributed by atoms with E-state index in [1.54, 1.807) is 0 Å². The maximum Gasteiger partial charge on any atom is 0.225 e. The molecule has 1 saturated heterocycles. The first kappa shape index (κ1) is 21.6. The number of hydrogen-bond donors (Lipinski definition) is 1. The second-order valence-corrected chi connectivity index (χ2v) is 9.15. The fraction of sp³-hybridized carbons (Fsp3) is 0.560. The number of piperidine rings is 1. The Morgan fingerprint density at radius 2 is 1.97 bits per heavy atom. The summed E-state index contributed by atoms with van der Waals surface area (Å²) in [7, 11) is 2.09. The number of rotatable bonds is 7. The number of fused-ring (bicyclic) bond motifs is 1. The van der Waals surface area contributed by atoms with Gasteiger partial charge in [-0.15, -0.1) is 0 Å². The van der Waals surface area contributed by atoms with Gasteiger partial charge in [-0.3, -0.25) is 4.79 Å². The average molecular weight is 422 g/mol. The van der Waals surface area contributed by atoms with Crippen molar-refractivity contribution in [2.45, 2.75) is 45.4 Å². The molecule has 1 atom stereocenters. The first-order valence-electron chi connectivity index (χ1n) is 11.7. The number of carbonyl (C=O) groups is 1. The minimum absolute atomic E-state index is 0.0321. The zero-order chi connectivity index (χ0) is 21.6. The van der Waals surface area contributed by atoms with E-state index in [2.05, 4.69) is 46.2 Å². The molecule has 166 valence electrons. The lowest BCUT2D eigenvalue weighted by atomic mass is 9.86. The molecule has 1 aromatic carbocycles. The first-order valence-corrected chi connectivity index (χ1v) is 11.7. The van der Waals surface area contributed by atoms with E-state index < -0.39 is 0 Å². The van der Waals surface area contributed by atoms with Crippen molar-refractivity contribution in [3.63, 3.8) is 0 Å². The molecule has 2 aromatic rings. The third kappa shape index (κ3) is 5.54. The molecule has 0 radical (unpaired) electrons. The van der Waals surface area contributed by atoms with Crippen molar-refractivity contribution >= 4 is 17.5 Å². The maximum atomic E-state index is 12.7. The molecule has 31 heavy (non-hydrogen) atoms. The number of nitrogens with zero attached hydrogens (tertiary/aromatic N) is 4. The molecule has 1 N–H and O–H groups in total. The molecule has 6 nitrogen and oxygen atoms in total. The Bertz CT molecular complexity index is 863. The Balaban J connectivity index is 1.23. The summed E-state index contributed by atoms with van der Waals surface area (Å²) in [6, 6.07) is 10.3. The monoisotopic (exact) mass is 421 g/mol. The second kappa shape index (κ2) is 10.1. The number of carbonyl (C=O) groups excluding carboxylic acids is 1. The number of hydrogen-bond acceptors (Lipinski definition) is 5. The van der Waals surface area contributed by atoms with Gasteiger partial charge in [-0.1, -0.05) is 25.1 Å². The van der Waals surface area contributed by atoms with Crippen molar-refractivity contribution in [1.29, 1.82) is 0 Å². The third-order valence-corrected chi connectivity index (χ3v) is 6.74. The van der Waals surface area contributed by atoms with Gasteiger partial charge in [-0.2, -0.15) is 0 Å². The highest BCUT2D eigenvalue weighted by Gasteiger charge is 2.27. The molecular weight excluding hydrogens is 386 g/mol. The molecule has 1 aromatic heterocycles. The van der Waals surface area contributed by atoms with Gasteiger partial charge in [0.25, 0.3) is 0 Å².